The molecular formula is C27H33N3O2. The maximum absolute atomic E-state index is 13.4. The number of carbonyl (C=O) groups is 1. The quantitative estimate of drug-likeness (QED) is 0.718. The maximum atomic E-state index is 13.4. The van der Waals surface area contributed by atoms with Gasteiger partial charge in [-0.05, 0) is 62.1 Å². The molecule has 32 heavy (non-hydrogen) atoms. The number of fused-ring (bicyclic) bond motifs is 1. The van der Waals surface area contributed by atoms with Gasteiger partial charge in [0.15, 0.2) is 0 Å². The molecule has 3 unspecified atom stereocenters. The lowest BCUT2D eigenvalue weighted by molar-refractivity contribution is 0.0243. The van der Waals surface area contributed by atoms with E-state index in [1.54, 1.807) is 0 Å². The summed E-state index contributed by atoms with van der Waals surface area (Å²) in [6.07, 6.45) is 5.51. The molecule has 3 heterocycles. The molecule has 0 spiro atoms. The molecule has 5 heteroatoms. The molecule has 3 aliphatic rings. The zero-order chi connectivity index (χ0) is 22.1. The number of para-hydroxylation sites is 1. The fraction of sp³-hybridized carbons (Fsp3) is 0.444. The predicted octanol–water partition coefficient (Wildman–Crippen LogP) is 4.42. The van der Waals surface area contributed by atoms with Crippen molar-refractivity contribution in [3.05, 3.63) is 65.7 Å². The van der Waals surface area contributed by atoms with Gasteiger partial charge in [0.25, 0.3) is 5.91 Å². The minimum atomic E-state index is 0.138. The zero-order valence-corrected chi connectivity index (χ0v) is 19.1. The number of benzene rings is 2. The molecule has 0 N–H and O–H groups in total. The van der Waals surface area contributed by atoms with Crippen molar-refractivity contribution in [3.8, 4) is 0 Å². The zero-order valence-electron chi connectivity index (χ0n) is 19.1. The van der Waals surface area contributed by atoms with Crippen molar-refractivity contribution in [2.24, 2.45) is 5.92 Å². The summed E-state index contributed by atoms with van der Waals surface area (Å²) < 4.78 is 5.54. The summed E-state index contributed by atoms with van der Waals surface area (Å²) in [5.41, 5.74) is 4.32. The monoisotopic (exact) mass is 431 g/mol. The average Bonchev–Trinajstić information content (AvgIpc) is 3.31. The molecule has 2 fully saturated rings. The van der Waals surface area contributed by atoms with Crippen molar-refractivity contribution < 1.29 is 9.53 Å². The topological polar surface area (TPSA) is 36.0 Å². The van der Waals surface area contributed by atoms with Crippen LogP contribution in [0, 0.1) is 5.92 Å². The van der Waals surface area contributed by atoms with E-state index in [0.29, 0.717) is 5.92 Å². The lowest BCUT2D eigenvalue weighted by Gasteiger charge is -2.45. The second-order valence-electron chi connectivity index (χ2n) is 9.48. The predicted molar refractivity (Wildman–Crippen MR) is 129 cm³/mol. The Morgan fingerprint density at radius 3 is 2.50 bits per heavy atom. The number of ether oxygens (including phenoxy) is 1. The van der Waals surface area contributed by atoms with E-state index in [4.69, 9.17) is 4.74 Å². The summed E-state index contributed by atoms with van der Waals surface area (Å²) in [6.45, 7) is 9.91. The summed E-state index contributed by atoms with van der Waals surface area (Å²) in [6, 6.07) is 17.0. The average molecular weight is 432 g/mol. The molecule has 1 amide bonds. The number of amides is 1. The Labute approximate surface area is 191 Å². The molecule has 3 atom stereocenters. The van der Waals surface area contributed by atoms with Gasteiger partial charge in [-0.15, -0.1) is 0 Å². The second kappa shape index (κ2) is 9.08. The Balaban J connectivity index is 1.27. The van der Waals surface area contributed by atoms with E-state index in [-0.39, 0.29) is 18.0 Å². The minimum Gasteiger partial charge on any atom is -0.381 e. The van der Waals surface area contributed by atoms with Gasteiger partial charge in [-0.3, -0.25) is 9.69 Å². The van der Waals surface area contributed by atoms with Gasteiger partial charge in [0.2, 0.25) is 0 Å². The molecule has 0 radical (unpaired) electrons. The van der Waals surface area contributed by atoms with E-state index in [1.165, 1.54) is 11.3 Å². The summed E-state index contributed by atoms with van der Waals surface area (Å²) >= 11 is 0. The van der Waals surface area contributed by atoms with Gasteiger partial charge < -0.3 is 14.5 Å². The van der Waals surface area contributed by atoms with Crippen LogP contribution in [0.4, 0.5) is 11.4 Å². The fourth-order valence-corrected chi connectivity index (χ4v) is 5.51. The largest absolute Gasteiger partial charge is 0.381 e. The molecule has 0 aromatic heterocycles. The first-order valence-electron chi connectivity index (χ1n) is 11.9. The number of anilines is 2. The molecule has 2 aromatic carbocycles. The Kier molecular flexibility index (Phi) is 6.03. The first-order valence-corrected chi connectivity index (χ1v) is 11.9. The van der Waals surface area contributed by atoms with E-state index >= 15 is 0 Å². The Morgan fingerprint density at radius 2 is 1.78 bits per heavy atom. The molecule has 0 saturated carbocycles. The van der Waals surface area contributed by atoms with Gasteiger partial charge in [0.05, 0.1) is 6.61 Å². The Morgan fingerprint density at radius 1 is 1.03 bits per heavy atom. The second-order valence-corrected chi connectivity index (χ2v) is 9.48. The van der Waals surface area contributed by atoms with Gasteiger partial charge in [-0.1, -0.05) is 30.4 Å². The van der Waals surface area contributed by atoms with Crippen LogP contribution in [0.2, 0.25) is 0 Å². The van der Waals surface area contributed by atoms with E-state index in [1.807, 2.05) is 12.1 Å². The molecule has 2 saturated heterocycles. The van der Waals surface area contributed by atoms with Crippen LogP contribution < -0.4 is 4.90 Å². The Hall–Kier alpha value is -2.63. The molecule has 0 bridgehead atoms. The Bertz CT molecular complexity index is 969. The van der Waals surface area contributed by atoms with Crippen molar-refractivity contribution in [2.45, 2.75) is 32.4 Å². The normalized spacial score (nSPS) is 25.8. The highest BCUT2D eigenvalue weighted by Crippen LogP contribution is 2.32. The number of rotatable bonds is 4. The molecule has 3 aliphatic heterocycles. The van der Waals surface area contributed by atoms with Crippen molar-refractivity contribution in [1.29, 1.82) is 0 Å². The van der Waals surface area contributed by atoms with Gasteiger partial charge in [0.1, 0.15) is 0 Å². The van der Waals surface area contributed by atoms with Gasteiger partial charge in [-0.2, -0.15) is 0 Å². The number of nitrogens with zero attached hydrogens (tertiary/aromatic N) is 3. The highest BCUT2D eigenvalue weighted by Gasteiger charge is 2.34. The van der Waals surface area contributed by atoms with Crippen LogP contribution in [-0.2, 0) is 4.74 Å². The third-order valence-electron chi connectivity index (χ3n) is 7.01. The van der Waals surface area contributed by atoms with Gasteiger partial charge in [-0.25, -0.2) is 0 Å². The molecule has 2 aromatic rings. The van der Waals surface area contributed by atoms with Crippen LogP contribution in [0.1, 0.15) is 36.2 Å². The summed E-state index contributed by atoms with van der Waals surface area (Å²) in [4.78, 5) is 20.3. The highest BCUT2D eigenvalue weighted by atomic mass is 16.5. The minimum absolute atomic E-state index is 0.138. The molecule has 168 valence electrons. The van der Waals surface area contributed by atoms with Crippen molar-refractivity contribution in [3.63, 3.8) is 0 Å². The smallest absolute Gasteiger partial charge is 0.254 e. The number of hydrogen-bond donors (Lipinski definition) is 0. The van der Waals surface area contributed by atoms with Gasteiger partial charge >= 0.3 is 0 Å². The standard InChI is InChI=1S/C27H33N3O2/c1-20-16-28(18-22-13-15-32-19-22)17-21(2)30(20)27(31)24-9-11-25(12-10-24)29-14-5-7-23-6-3-4-8-26(23)29/h3-12,20-22H,13-19H2,1-2H3. The maximum Gasteiger partial charge on any atom is 0.254 e. The van der Waals surface area contributed by atoms with E-state index in [2.05, 4.69) is 77.1 Å². The number of hydrogen-bond acceptors (Lipinski definition) is 4. The van der Waals surface area contributed by atoms with Crippen molar-refractivity contribution >= 4 is 23.4 Å². The van der Waals surface area contributed by atoms with Crippen LogP contribution in [0.15, 0.2) is 54.6 Å². The summed E-state index contributed by atoms with van der Waals surface area (Å²) in [7, 11) is 0. The van der Waals surface area contributed by atoms with Crippen LogP contribution in [0.5, 0.6) is 0 Å². The highest BCUT2D eigenvalue weighted by molar-refractivity contribution is 5.95. The lowest BCUT2D eigenvalue weighted by atomic mass is 10.0. The third kappa shape index (κ3) is 4.19. The summed E-state index contributed by atoms with van der Waals surface area (Å²) in [5, 5.41) is 0. The lowest BCUT2D eigenvalue weighted by Crippen LogP contribution is -2.59. The van der Waals surface area contributed by atoms with Crippen molar-refractivity contribution in [1.82, 2.24) is 9.80 Å². The molecule has 5 rings (SSSR count). The van der Waals surface area contributed by atoms with Crippen LogP contribution in [-0.4, -0.2) is 67.2 Å². The van der Waals surface area contributed by atoms with Crippen LogP contribution in [0.25, 0.3) is 6.08 Å². The first kappa shape index (κ1) is 21.2. The van der Waals surface area contributed by atoms with Crippen LogP contribution in [0.3, 0.4) is 0 Å². The molecule has 5 nitrogen and oxygen atoms in total. The summed E-state index contributed by atoms with van der Waals surface area (Å²) in [5.74, 6) is 0.776. The van der Waals surface area contributed by atoms with Crippen LogP contribution >= 0.6 is 0 Å². The molecule has 0 aliphatic carbocycles. The van der Waals surface area contributed by atoms with Crippen molar-refractivity contribution in [2.75, 3.05) is 44.3 Å². The van der Waals surface area contributed by atoms with E-state index in [0.717, 1.165) is 57.1 Å². The number of piperazine rings is 1. The fourth-order valence-electron chi connectivity index (χ4n) is 5.51. The van der Waals surface area contributed by atoms with E-state index in [9.17, 15) is 4.79 Å². The van der Waals surface area contributed by atoms with E-state index < -0.39 is 0 Å². The number of carbonyl (C=O) groups excluding carboxylic acids is 1. The van der Waals surface area contributed by atoms with Gasteiger partial charge in [0, 0.05) is 61.8 Å². The SMILES string of the molecule is CC1CN(CC2CCOC2)CC(C)N1C(=O)c1ccc(N2CC=Cc3ccccc32)cc1. The third-order valence-corrected chi connectivity index (χ3v) is 7.01. The first-order chi connectivity index (χ1) is 15.6. The molecular weight excluding hydrogens is 398 g/mol.